The Kier molecular flexibility index (Phi) is 4.08. The van der Waals surface area contributed by atoms with Gasteiger partial charge >= 0.3 is 5.97 Å². The molecule has 0 unspecified atom stereocenters. The van der Waals surface area contributed by atoms with E-state index < -0.39 is 5.41 Å². The highest BCUT2D eigenvalue weighted by Gasteiger charge is 2.29. The number of hydroxylamine groups is 2. The molecule has 0 aromatic carbocycles. The largest absolute Gasteiger partial charge is 0.367 e. The number of Topliss-reactive ketones (excluding diaryl/α,β-unsaturated/α-hetero) is 1. The number of hydrogen-bond donors (Lipinski definition) is 0. The van der Waals surface area contributed by atoms with Crippen LogP contribution in [0.25, 0.3) is 0 Å². The molecular formula is C12H21NO3. The summed E-state index contributed by atoms with van der Waals surface area (Å²) in [6.45, 7) is 8.44. The molecule has 1 rings (SSSR count). The molecule has 1 saturated heterocycles. The van der Waals surface area contributed by atoms with Gasteiger partial charge in [-0.25, -0.2) is 4.79 Å². The zero-order chi connectivity index (χ0) is 12.3. The molecule has 0 atom stereocenters. The molecule has 0 radical (unpaired) electrons. The van der Waals surface area contributed by atoms with Crippen molar-refractivity contribution in [3.63, 3.8) is 0 Å². The first kappa shape index (κ1) is 13.2. The summed E-state index contributed by atoms with van der Waals surface area (Å²) in [6.07, 6.45) is 1.57. The molecule has 0 bridgehead atoms. The Hall–Kier alpha value is -0.900. The topological polar surface area (TPSA) is 46.6 Å². The van der Waals surface area contributed by atoms with Crippen LogP contribution in [0.5, 0.6) is 0 Å². The normalized spacial score (nSPS) is 19.5. The molecule has 4 nitrogen and oxygen atoms in total. The van der Waals surface area contributed by atoms with E-state index in [9.17, 15) is 9.59 Å². The molecule has 1 heterocycles. The van der Waals surface area contributed by atoms with Crippen LogP contribution in [0.1, 0.15) is 40.5 Å². The lowest BCUT2D eigenvalue weighted by molar-refractivity contribution is -0.205. The summed E-state index contributed by atoms with van der Waals surface area (Å²) in [5.41, 5.74) is -0.475. The molecular weight excluding hydrogens is 206 g/mol. The lowest BCUT2D eigenvalue weighted by atomic mass is 9.94. The van der Waals surface area contributed by atoms with Crippen molar-refractivity contribution in [2.24, 2.45) is 11.3 Å². The minimum atomic E-state index is -0.475. The first-order valence-corrected chi connectivity index (χ1v) is 5.78. The number of piperidine rings is 1. The Morgan fingerprint density at radius 2 is 1.69 bits per heavy atom. The first-order valence-electron chi connectivity index (χ1n) is 5.78. The fraction of sp³-hybridized carbons (Fsp3) is 0.833. The van der Waals surface area contributed by atoms with Crippen molar-refractivity contribution in [1.82, 2.24) is 5.06 Å². The predicted octanol–water partition coefficient (Wildman–Crippen LogP) is 1.79. The second-order valence-corrected chi connectivity index (χ2v) is 5.44. The van der Waals surface area contributed by atoms with Crippen LogP contribution in [0.3, 0.4) is 0 Å². The van der Waals surface area contributed by atoms with Crippen LogP contribution in [0.2, 0.25) is 0 Å². The average molecular weight is 227 g/mol. The molecule has 1 aliphatic rings. The Bertz CT molecular complexity index is 272. The summed E-state index contributed by atoms with van der Waals surface area (Å²) in [7, 11) is 0. The van der Waals surface area contributed by atoms with Gasteiger partial charge in [-0.1, -0.05) is 0 Å². The average Bonchev–Trinajstić information content (AvgIpc) is 2.17. The third-order valence-electron chi connectivity index (χ3n) is 2.85. The van der Waals surface area contributed by atoms with Gasteiger partial charge in [0.2, 0.25) is 0 Å². The Morgan fingerprint density at radius 3 is 2.06 bits per heavy atom. The van der Waals surface area contributed by atoms with Crippen molar-refractivity contribution in [3.05, 3.63) is 0 Å². The molecule has 0 saturated carbocycles. The van der Waals surface area contributed by atoms with E-state index in [0.29, 0.717) is 13.1 Å². The van der Waals surface area contributed by atoms with Gasteiger partial charge in [0, 0.05) is 19.0 Å². The number of carbonyl (C=O) groups excluding carboxylic acids is 2. The van der Waals surface area contributed by atoms with E-state index in [1.165, 1.54) is 0 Å². The van der Waals surface area contributed by atoms with Gasteiger partial charge in [0.25, 0.3) is 0 Å². The summed E-state index contributed by atoms with van der Waals surface area (Å²) in [6, 6.07) is 0. The number of ketones is 1. The highest BCUT2D eigenvalue weighted by molar-refractivity contribution is 5.78. The predicted molar refractivity (Wildman–Crippen MR) is 60.5 cm³/mol. The molecule has 0 N–H and O–H groups in total. The number of nitrogens with zero attached hydrogens (tertiary/aromatic N) is 1. The van der Waals surface area contributed by atoms with Gasteiger partial charge in [0.1, 0.15) is 5.78 Å². The molecule has 16 heavy (non-hydrogen) atoms. The molecule has 0 aromatic heterocycles. The van der Waals surface area contributed by atoms with Crippen molar-refractivity contribution in [1.29, 1.82) is 0 Å². The van der Waals surface area contributed by atoms with Crippen molar-refractivity contribution in [2.75, 3.05) is 13.1 Å². The van der Waals surface area contributed by atoms with Gasteiger partial charge in [-0.05, 0) is 40.5 Å². The van der Waals surface area contributed by atoms with Crippen LogP contribution in [0, 0.1) is 11.3 Å². The summed E-state index contributed by atoms with van der Waals surface area (Å²) in [5.74, 6) is 0.167. The summed E-state index contributed by atoms with van der Waals surface area (Å²) in [5, 5.41) is 1.67. The minimum absolute atomic E-state index is 0.143. The Morgan fingerprint density at radius 1 is 1.19 bits per heavy atom. The molecule has 4 heteroatoms. The standard InChI is InChI=1S/C12H21NO3/c1-9(14)10-5-7-13(8-6-10)16-11(15)12(2,3)4/h10H,5-8H2,1-4H3. The molecule has 92 valence electrons. The maximum absolute atomic E-state index is 11.6. The smallest absolute Gasteiger partial charge is 0.330 e. The fourth-order valence-corrected chi connectivity index (χ4v) is 1.61. The minimum Gasteiger partial charge on any atom is -0.367 e. The SMILES string of the molecule is CC(=O)C1CCN(OC(=O)C(C)(C)C)CC1. The van der Waals surface area contributed by atoms with E-state index in [1.807, 2.05) is 20.8 Å². The van der Waals surface area contributed by atoms with E-state index in [-0.39, 0.29) is 17.7 Å². The zero-order valence-corrected chi connectivity index (χ0v) is 10.6. The van der Waals surface area contributed by atoms with Crippen molar-refractivity contribution in [3.8, 4) is 0 Å². The van der Waals surface area contributed by atoms with Gasteiger partial charge in [0.05, 0.1) is 5.41 Å². The van der Waals surface area contributed by atoms with Crippen molar-refractivity contribution >= 4 is 11.8 Å². The van der Waals surface area contributed by atoms with Crippen LogP contribution in [-0.4, -0.2) is 29.9 Å². The quantitative estimate of drug-likeness (QED) is 0.721. The Labute approximate surface area is 96.9 Å². The van der Waals surface area contributed by atoms with Crippen LogP contribution in [0.4, 0.5) is 0 Å². The number of carbonyl (C=O) groups is 2. The summed E-state index contributed by atoms with van der Waals surface area (Å²) in [4.78, 5) is 28.0. The van der Waals surface area contributed by atoms with Crippen molar-refractivity contribution in [2.45, 2.75) is 40.5 Å². The lowest BCUT2D eigenvalue weighted by Crippen LogP contribution is -2.39. The zero-order valence-electron chi connectivity index (χ0n) is 10.6. The van der Waals surface area contributed by atoms with E-state index in [0.717, 1.165) is 12.8 Å². The highest BCUT2D eigenvalue weighted by atomic mass is 16.7. The summed E-state index contributed by atoms with van der Waals surface area (Å²) < 4.78 is 0. The monoisotopic (exact) mass is 227 g/mol. The van der Waals surface area contributed by atoms with E-state index in [4.69, 9.17) is 4.84 Å². The van der Waals surface area contributed by atoms with Gasteiger partial charge in [-0.15, -0.1) is 5.06 Å². The maximum atomic E-state index is 11.6. The summed E-state index contributed by atoms with van der Waals surface area (Å²) >= 11 is 0. The molecule has 0 amide bonds. The van der Waals surface area contributed by atoms with Crippen LogP contribution in [-0.2, 0) is 14.4 Å². The number of hydrogen-bond acceptors (Lipinski definition) is 4. The Balaban J connectivity index is 2.38. The van der Waals surface area contributed by atoms with E-state index in [1.54, 1.807) is 12.0 Å². The van der Waals surface area contributed by atoms with Gasteiger partial charge in [0.15, 0.2) is 0 Å². The van der Waals surface area contributed by atoms with Gasteiger partial charge in [-0.3, -0.25) is 4.79 Å². The number of rotatable bonds is 2. The van der Waals surface area contributed by atoms with Gasteiger partial charge in [-0.2, -0.15) is 0 Å². The molecule has 1 aliphatic heterocycles. The third kappa shape index (κ3) is 3.59. The first-order chi connectivity index (χ1) is 7.30. The van der Waals surface area contributed by atoms with Gasteiger partial charge < -0.3 is 4.84 Å². The van der Waals surface area contributed by atoms with Crippen LogP contribution >= 0.6 is 0 Å². The second-order valence-electron chi connectivity index (χ2n) is 5.44. The molecule has 1 fully saturated rings. The molecule has 0 aliphatic carbocycles. The second kappa shape index (κ2) is 4.95. The van der Waals surface area contributed by atoms with Crippen molar-refractivity contribution < 1.29 is 14.4 Å². The maximum Gasteiger partial charge on any atom is 0.330 e. The highest BCUT2D eigenvalue weighted by Crippen LogP contribution is 2.21. The molecule has 0 aromatic rings. The lowest BCUT2D eigenvalue weighted by Gasteiger charge is -2.31. The third-order valence-corrected chi connectivity index (χ3v) is 2.85. The van der Waals surface area contributed by atoms with Crippen LogP contribution < -0.4 is 0 Å². The van der Waals surface area contributed by atoms with E-state index in [2.05, 4.69) is 0 Å². The fourth-order valence-electron chi connectivity index (χ4n) is 1.61. The molecule has 0 spiro atoms. The van der Waals surface area contributed by atoms with Crippen LogP contribution in [0.15, 0.2) is 0 Å². The van der Waals surface area contributed by atoms with E-state index >= 15 is 0 Å².